The fourth-order valence-corrected chi connectivity index (χ4v) is 3.07. The molecule has 6 nitrogen and oxygen atoms in total. The van der Waals surface area contributed by atoms with Crippen molar-refractivity contribution in [2.45, 2.75) is 18.9 Å². The molecule has 0 bridgehead atoms. The first kappa shape index (κ1) is 16.4. The van der Waals surface area contributed by atoms with Crippen LogP contribution in [0.4, 0.5) is 0 Å². The molecule has 1 saturated heterocycles. The van der Waals surface area contributed by atoms with Crippen molar-refractivity contribution in [3.05, 3.63) is 52.4 Å². The van der Waals surface area contributed by atoms with Crippen LogP contribution in [-0.4, -0.2) is 58.9 Å². The van der Waals surface area contributed by atoms with E-state index in [9.17, 15) is 9.59 Å². The molecule has 1 amide bonds. The number of pyridine rings is 2. The largest absolute Gasteiger partial charge is 0.338 e. The summed E-state index contributed by atoms with van der Waals surface area (Å²) >= 11 is 0. The maximum Gasteiger partial charge on any atom is 0.261 e. The second kappa shape index (κ2) is 6.97. The molecule has 1 aliphatic heterocycles. The Morgan fingerprint density at radius 3 is 2.54 bits per heavy atom. The first-order chi connectivity index (χ1) is 11.6. The molecule has 1 N–H and O–H groups in total. The highest BCUT2D eigenvalue weighted by Gasteiger charge is 2.26. The van der Waals surface area contributed by atoms with Gasteiger partial charge in [-0.2, -0.15) is 0 Å². The van der Waals surface area contributed by atoms with Crippen molar-refractivity contribution in [2.24, 2.45) is 0 Å². The maximum absolute atomic E-state index is 12.6. The Morgan fingerprint density at radius 2 is 1.96 bits per heavy atom. The van der Waals surface area contributed by atoms with E-state index in [2.05, 4.69) is 29.0 Å². The minimum atomic E-state index is -0.363. The van der Waals surface area contributed by atoms with Gasteiger partial charge in [0.25, 0.3) is 11.5 Å². The number of hydrogen-bond donors (Lipinski definition) is 1. The van der Waals surface area contributed by atoms with E-state index in [4.69, 9.17) is 0 Å². The van der Waals surface area contributed by atoms with Gasteiger partial charge in [-0.1, -0.05) is 6.07 Å². The third-order valence-corrected chi connectivity index (χ3v) is 4.56. The van der Waals surface area contributed by atoms with Crippen molar-refractivity contribution in [1.82, 2.24) is 19.8 Å². The zero-order valence-corrected chi connectivity index (χ0v) is 14.0. The summed E-state index contributed by atoms with van der Waals surface area (Å²) < 4.78 is 0. The normalized spacial score (nSPS) is 15.7. The van der Waals surface area contributed by atoms with Gasteiger partial charge in [-0.25, -0.2) is 0 Å². The van der Waals surface area contributed by atoms with Gasteiger partial charge in [0.15, 0.2) is 0 Å². The molecule has 0 atom stereocenters. The van der Waals surface area contributed by atoms with Crippen molar-refractivity contribution >= 4 is 5.91 Å². The van der Waals surface area contributed by atoms with E-state index >= 15 is 0 Å². The highest BCUT2D eigenvalue weighted by molar-refractivity contribution is 5.94. The fraction of sp³-hybridized carbons (Fsp3) is 0.389. The summed E-state index contributed by atoms with van der Waals surface area (Å²) in [6, 6.07) is 9.33. The summed E-state index contributed by atoms with van der Waals surface area (Å²) in [4.78, 5) is 35.9. The van der Waals surface area contributed by atoms with E-state index < -0.39 is 0 Å². The van der Waals surface area contributed by atoms with Crippen LogP contribution in [0.2, 0.25) is 0 Å². The van der Waals surface area contributed by atoms with Crippen molar-refractivity contribution in [3.8, 4) is 11.4 Å². The van der Waals surface area contributed by atoms with Crippen molar-refractivity contribution < 1.29 is 4.79 Å². The number of nitrogens with zero attached hydrogens (tertiary/aromatic N) is 3. The molecule has 3 rings (SSSR count). The lowest BCUT2D eigenvalue weighted by Gasteiger charge is -2.35. The number of hydrogen-bond acceptors (Lipinski definition) is 4. The fourth-order valence-electron chi connectivity index (χ4n) is 3.07. The summed E-state index contributed by atoms with van der Waals surface area (Å²) in [7, 11) is 4.12. The number of nitrogens with one attached hydrogen (secondary N) is 1. The molecule has 0 radical (unpaired) electrons. The lowest BCUT2D eigenvalue weighted by atomic mass is 10.0. The van der Waals surface area contributed by atoms with Crippen LogP contribution in [0.1, 0.15) is 23.2 Å². The van der Waals surface area contributed by atoms with E-state index in [0.29, 0.717) is 30.5 Å². The van der Waals surface area contributed by atoms with E-state index in [0.717, 1.165) is 12.8 Å². The van der Waals surface area contributed by atoms with E-state index in [-0.39, 0.29) is 17.0 Å². The molecule has 0 saturated carbocycles. The van der Waals surface area contributed by atoms with Gasteiger partial charge in [0.2, 0.25) is 0 Å². The average molecular weight is 326 g/mol. The quantitative estimate of drug-likeness (QED) is 0.930. The Kier molecular flexibility index (Phi) is 4.76. The summed E-state index contributed by atoms with van der Waals surface area (Å²) in [6.07, 6.45) is 3.53. The number of amides is 1. The molecule has 0 unspecified atom stereocenters. The van der Waals surface area contributed by atoms with Gasteiger partial charge in [0.05, 0.1) is 11.4 Å². The van der Waals surface area contributed by atoms with Crippen LogP contribution in [0.25, 0.3) is 11.4 Å². The van der Waals surface area contributed by atoms with Crippen molar-refractivity contribution in [2.75, 3.05) is 27.2 Å². The number of piperidine rings is 1. The van der Waals surface area contributed by atoms with E-state index in [1.165, 1.54) is 0 Å². The minimum absolute atomic E-state index is 0.193. The summed E-state index contributed by atoms with van der Waals surface area (Å²) in [5.41, 5.74) is 1.12. The summed E-state index contributed by atoms with van der Waals surface area (Å²) in [5, 5.41) is 0. The van der Waals surface area contributed by atoms with Crippen molar-refractivity contribution in [1.29, 1.82) is 0 Å². The van der Waals surface area contributed by atoms with Crippen LogP contribution in [0.3, 0.4) is 0 Å². The molecule has 24 heavy (non-hydrogen) atoms. The van der Waals surface area contributed by atoms with Gasteiger partial charge in [-0.15, -0.1) is 0 Å². The molecule has 2 aromatic rings. The molecular weight excluding hydrogens is 304 g/mol. The molecule has 2 aromatic heterocycles. The Balaban J connectivity index is 1.76. The first-order valence-corrected chi connectivity index (χ1v) is 8.16. The predicted molar refractivity (Wildman–Crippen MR) is 92.9 cm³/mol. The smallest absolute Gasteiger partial charge is 0.261 e. The van der Waals surface area contributed by atoms with Gasteiger partial charge in [-0.05, 0) is 51.2 Å². The predicted octanol–water partition coefficient (Wildman–Crippen LogP) is 1.60. The van der Waals surface area contributed by atoms with Gasteiger partial charge in [0.1, 0.15) is 5.56 Å². The Labute approximate surface area is 141 Å². The van der Waals surface area contributed by atoms with Gasteiger partial charge >= 0.3 is 0 Å². The van der Waals surface area contributed by atoms with Gasteiger partial charge in [0, 0.05) is 25.3 Å². The number of aromatic nitrogens is 2. The Hall–Kier alpha value is -2.47. The van der Waals surface area contributed by atoms with Crippen LogP contribution < -0.4 is 5.56 Å². The third-order valence-electron chi connectivity index (χ3n) is 4.56. The number of H-pyrrole nitrogens is 1. The van der Waals surface area contributed by atoms with Crippen LogP contribution in [-0.2, 0) is 0 Å². The molecule has 0 aromatic carbocycles. The number of aromatic amines is 1. The van der Waals surface area contributed by atoms with Crippen LogP contribution >= 0.6 is 0 Å². The third kappa shape index (κ3) is 3.38. The zero-order chi connectivity index (χ0) is 17.1. The average Bonchev–Trinajstić information content (AvgIpc) is 2.62. The number of carbonyl (C=O) groups excluding carboxylic acids is 1. The first-order valence-electron chi connectivity index (χ1n) is 8.16. The van der Waals surface area contributed by atoms with Crippen LogP contribution in [0.5, 0.6) is 0 Å². The minimum Gasteiger partial charge on any atom is -0.338 e. The number of likely N-dealkylation sites (tertiary alicyclic amines) is 1. The van der Waals surface area contributed by atoms with Crippen LogP contribution in [0.15, 0.2) is 41.3 Å². The summed E-state index contributed by atoms with van der Waals surface area (Å²) in [6.45, 7) is 1.37. The second-order valence-corrected chi connectivity index (χ2v) is 6.32. The Bertz CT molecular complexity index is 762. The number of carbonyl (C=O) groups is 1. The molecular formula is C18H22N4O2. The van der Waals surface area contributed by atoms with E-state index in [1.54, 1.807) is 23.2 Å². The highest BCUT2D eigenvalue weighted by atomic mass is 16.2. The molecule has 6 heteroatoms. The molecule has 1 aliphatic rings. The highest BCUT2D eigenvalue weighted by Crippen LogP contribution is 2.17. The lowest BCUT2D eigenvalue weighted by Crippen LogP contribution is -2.45. The monoisotopic (exact) mass is 326 g/mol. The van der Waals surface area contributed by atoms with Crippen molar-refractivity contribution in [3.63, 3.8) is 0 Å². The molecule has 1 fully saturated rings. The number of rotatable bonds is 3. The maximum atomic E-state index is 12.6. The van der Waals surface area contributed by atoms with E-state index in [1.807, 2.05) is 18.2 Å². The SMILES string of the molecule is CN(C)C1CCN(C(=O)c2ccc(-c3ccccn3)[nH]c2=O)CC1. The van der Waals surface area contributed by atoms with Gasteiger partial charge < -0.3 is 14.8 Å². The lowest BCUT2D eigenvalue weighted by molar-refractivity contribution is 0.0661. The molecule has 0 aliphatic carbocycles. The second-order valence-electron chi connectivity index (χ2n) is 6.32. The van der Waals surface area contributed by atoms with Crippen LogP contribution in [0, 0.1) is 0 Å². The molecule has 126 valence electrons. The Morgan fingerprint density at radius 1 is 1.21 bits per heavy atom. The topological polar surface area (TPSA) is 69.3 Å². The molecule has 3 heterocycles. The molecule has 0 spiro atoms. The zero-order valence-electron chi connectivity index (χ0n) is 14.0. The summed E-state index contributed by atoms with van der Waals surface area (Å²) in [5.74, 6) is -0.193. The standard InChI is InChI=1S/C18H22N4O2/c1-21(2)13-8-11-22(12-9-13)18(24)14-6-7-16(20-17(14)23)15-5-3-4-10-19-15/h3-7,10,13H,8-9,11-12H2,1-2H3,(H,20,23). The van der Waals surface area contributed by atoms with Gasteiger partial charge in [-0.3, -0.25) is 14.6 Å².